The minimum absolute atomic E-state index is 0.284. The lowest BCUT2D eigenvalue weighted by atomic mass is 9.54. The van der Waals surface area contributed by atoms with Crippen LogP contribution in [-0.2, 0) is 5.41 Å². The van der Waals surface area contributed by atoms with E-state index in [1.54, 1.807) is 0 Å². The van der Waals surface area contributed by atoms with Crippen molar-refractivity contribution >= 4 is 0 Å². The molecule has 2 aliphatic carbocycles. The van der Waals surface area contributed by atoms with Crippen LogP contribution in [0, 0.1) is 29.1 Å². The molecule has 2 bridgehead atoms. The Morgan fingerprint density at radius 3 is 1.38 bits per heavy atom. The molecule has 2 saturated carbocycles. The Hall–Kier alpha value is -6.18. The van der Waals surface area contributed by atoms with Crippen LogP contribution < -0.4 is 0 Å². The summed E-state index contributed by atoms with van der Waals surface area (Å²) in [5.74, 6) is 4.16. The maximum Gasteiger partial charge on any atom is 0.164 e. The minimum atomic E-state index is 0.284. The molecule has 55 heavy (non-hydrogen) atoms. The third-order valence-electron chi connectivity index (χ3n) is 11.9. The van der Waals surface area contributed by atoms with Crippen LogP contribution in [0.4, 0.5) is 0 Å². The van der Waals surface area contributed by atoms with Crippen LogP contribution in [-0.4, -0.2) is 15.0 Å². The van der Waals surface area contributed by atoms with Crippen molar-refractivity contribution in [2.24, 2.45) is 17.8 Å². The molecule has 4 atom stereocenters. The normalized spacial score (nSPS) is 20.4. The Morgan fingerprint density at radius 1 is 0.455 bits per heavy atom. The van der Waals surface area contributed by atoms with Gasteiger partial charge in [-0.25, -0.2) is 15.0 Å². The van der Waals surface area contributed by atoms with Gasteiger partial charge in [-0.1, -0.05) is 123 Å². The summed E-state index contributed by atoms with van der Waals surface area (Å²) in [6, 6.07) is 55.3. The topological polar surface area (TPSA) is 62.5 Å². The van der Waals surface area contributed by atoms with Crippen LogP contribution in [0.3, 0.4) is 0 Å². The van der Waals surface area contributed by atoms with Crippen LogP contribution >= 0.6 is 0 Å². The fourth-order valence-corrected chi connectivity index (χ4v) is 9.69. The van der Waals surface area contributed by atoms with Gasteiger partial charge >= 0.3 is 0 Å². The molecule has 7 aromatic rings. The summed E-state index contributed by atoms with van der Waals surface area (Å²) in [7, 11) is 0. The van der Waals surface area contributed by atoms with Crippen molar-refractivity contribution in [2.45, 2.75) is 51.4 Å². The third kappa shape index (κ3) is 7.11. The smallest absolute Gasteiger partial charge is 0.164 e. The van der Waals surface area contributed by atoms with Crippen molar-refractivity contribution in [2.75, 3.05) is 0 Å². The molecule has 1 aromatic heterocycles. The molecule has 2 aliphatic rings. The monoisotopic (exact) mass is 712 g/mol. The predicted octanol–water partition coefficient (Wildman–Crippen LogP) is 12.8. The van der Waals surface area contributed by atoms with Crippen LogP contribution in [0.25, 0.3) is 67.5 Å². The van der Waals surface area contributed by atoms with Gasteiger partial charge in [0.1, 0.15) is 0 Å². The Kier molecular flexibility index (Phi) is 9.16. The molecule has 268 valence electrons. The van der Waals surface area contributed by atoms with E-state index in [1.807, 2.05) is 54.6 Å². The number of nitrogens with zero attached hydrogens (tertiary/aromatic N) is 4. The lowest BCUT2D eigenvalue weighted by Crippen LogP contribution is -2.42. The summed E-state index contributed by atoms with van der Waals surface area (Å²) in [4.78, 5) is 15.1. The van der Waals surface area contributed by atoms with E-state index < -0.39 is 0 Å². The molecule has 6 aromatic carbocycles. The van der Waals surface area contributed by atoms with Crippen LogP contribution in [0.2, 0.25) is 0 Å². The van der Waals surface area contributed by atoms with E-state index in [-0.39, 0.29) is 5.41 Å². The number of benzene rings is 6. The highest BCUT2D eigenvalue weighted by Gasteiger charge is 2.45. The molecule has 4 nitrogen and oxygen atoms in total. The standard InChI is InChI=1S/C51H44N4/c1-34-25-37-26-35(2)31-51(30-34,32-37)47-23-21-41(22-24-47)45-27-44(40-19-17-39(18-20-40)38-9-5-3-6-10-38)28-46(29-45)50-54-48(42-11-7-4-8-12-42)53-49(55-50)43-15-13-36(33-52)14-16-43/h3-24,27-29,34-35,37H,25-26,30-32H2,1-2H3/t34-,35+,37-,51?. The molecule has 1 unspecified atom stereocenters. The average molecular weight is 713 g/mol. The van der Waals surface area contributed by atoms with Gasteiger partial charge in [-0.3, -0.25) is 0 Å². The lowest BCUT2D eigenvalue weighted by Gasteiger charge is -2.50. The van der Waals surface area contributed by atoms with Crippen LogP contribution in [0.1, 0.15) is 57.1 Å². The van der Waals surface area contributed by atoms with E-state index in [4.69, 9.17) is 15.0 Å². The second-order valence-corrected chi connectivity index (χ2v) is 16.1. The number of fused-ring (bicyclic) bond motifs is 2. The van der Waals surface area contributed by atoms with Gasteiger partial charge in [0.05, 0.1) is 11.6 Å². The average Bonchev–Trinajstić information content (AvgIpc) is 3.23. The number of aromatic nitrogens is 3. The lowest BCUT2D eigenvalue weighted by molar-refractivity contribution is 0.0780. The predicted molar refractivity (Wildman–Crippen MR) is 224 cm³/mol. The van der Waals surface area contributed by atoms with Gasteiger partial charge < -0.3 is 0 Å². The van der Waals surface area contributed by atoms with Crippen LogP contribution in [0.15, 0.2) is 152 Å². The highest BCUT2D eigenvalue weighted by atomic mass is 15.0. The van der Waals surface area contributed by atoms with Gasteiger partial charge in [0, 0.05) is 16.7 Å². The van der Waals surface area contributed by atoms with Crippen molar-refractivity contribution in [1.29, 1.82) is 5.26 Å². The van der Waals surface area contributed by atoms with Crippen molar-refractivity contribution in [1.82, 2.24) is 15.0 Å². The Balaban J connectivity index is 1.17. The molecular formula is C51H44N4. The fourth-order valence-electron chi connectivity index (χ4n) is 9.69. The molecule has 1 heterocycles. The summed E-state index contributed by atoms with van der Waals surface area (Å²) in [5, 5.41) is 9.45. The SMILES string of the molecule is C[C@@H]1C[C@@H]2C[C@H](C)CC(c3ccc(-c4cc(-c5ccc(-c6ccccc6)cc5)cc(-c5nc(-c6ccccc6)nc(-c6ccc(C#N)cc6)n5)c4)cc3)(C1)C2. The Labute approximate surface area is 324 Å². The van der Waals surface area contributed by atoms with Gasteiger partial charge in [0.25, 0.3) is 0 Å². The molecule has 0 N–H and O–H groups in total. The minimum Gasteiger partial charge on any atom is -0.208 e. The van der Waals surface area contributed by atoms with E-state index in [2.05, 4.69) is 117 Å². The number of rotatable bonds is 7. The van der Waals surface area contributed by atoms with Gasteiger partial charge in [0.15, 0.2) is 17.5 Å². The van der Waals surface area contributed by atoms with E-state index in [1.165, 1.54) is 54.4 Å². The molecule has 0 amide bonds. The fraction of sp³-hybridized carbons (Fsp3) is 0.216. The second-order valence-electron chi connectivity index (χ2n) is 16.1. The molecule has 0 radical (unpaired) electrons. The summed E-state index contributed by atoms with van der Waals surface area (Å²) in [5.41, 5.74) is 12.0. The number of nitriles is 1. The summed E-state index contributed by atoms with van der Waals surface area (Å²) in [6.07, 6.45) is 6.65. The van der Waals surface area contributed by atoms with E-state index in [9.17, 15) is 5.26 Å². The first-order chi connectivity index (χ1) is 26.9. The Morgan fingerprint density at radius 2 is 0.855 bits per heavy atom. The number of hydrogen-bond acceptors (Lipinski definition) is 4. The van der Waals surface area contributed by atoms with Gasteiger partial charge in [-0.15, -0.1) is 0 Å². The largest absolute Gasteiger partial charge is 0.208 e. The van der Waals surface area contributed by atoms with Crippen molar-refractivity contribution < 1.29 is 0 Å². The maximum atomic E-state index is 9.45. The first kappa shape index (κ1) is 34.6. The highest BCUT2D eigenvalue weighted by Crippen LogP contribution is 2.54. The van der Waals surface area contributed by atoms with Crippen molar-refractivity contribution in [3.63, 3.8) is 0 Å². The number of hydrogen-bond donors (Lipinski definition) is 0. The molecule has 0 saturated heterocycles. The van der Waals surface area contributed by atoms with Gasteiger partial charge in [0.2, 0.25) is 0 Å². The first-order valence-corrected chi connectivity index (χ1v) is 19.7. The van der Waals surface area contributed by atoms with Crippen molar-refractivity contribution in [3.8, 4) is 73.6 Å². The first-order valence-electron chi connectivity index (χ1n) is 19.7. The quantitative estimate of drug-likeness (QED) is 0.165. The Bertz CT molecular complexity index is 2460. The molecule has 2 fully saturated rings. The van der Waals surface area contributed by atoms with Crippen LogP contribution in [0.5, 0.6) is 0 Å². The van der Waals surface area contributed by atoms with E-state index in [0.717, 1.165) is 51.1 Å². The van der Waals surface area contributed by atoms with E-state index >= 15 is 0 Å². The molecular weight excluding hydrogens is 669 g/mol. The molecule has 0 spiro atoms. The van der Waals surface area contributed by atoms with Gasteiger partial charge in [-0.05, 0) is 137 Å². The summed E-state index contributed by atoms with van der Waals surface area (Å²) >= 11 is 0. The zero-order valence-corrected chi connectivity index (χ0v) is 31.5. The van der Waals surface area contributed by atoms with Gasteiger partial charge in [-0.2, -0.15) is 5.26 Å². The van der Waals surface area contributed by atoms with E-state index in [0.29, 0.717) is 23.0 Å². The summed E-state index contributed by atoms with van der Waals surface area (Å²) < 4.78 is 0. The zero-order valence-electron chi connectivity index (χ0n) is 31.5. The second kappa shape index (κ2) is 14.6. The van der Waals surface area contributed by atoms with Crippen molar-refractivity contribution in [3.05, 3.63) is 163 Å². The summed E-state index contributed by atoms with van der Waals surface area (Å²) in [6.45, 7) is 4.92. The molecule has 0 aliphatic heterocycles. The third-order valence-corrected chi connectivity index (χ3v) is 11.9. The maximum absolute atomic E-state index is 9.45. The highest BCUT2D eigenvalue weighted by molar-refractivity contribution is 5.81. The molecule has 4 heteroatoms. The zero-order chi connectivity index (χ0) is 37.4. The molecule has 9 rings (SSSR count).